The van der Waals surface area contributed by atoms with Crippen LogP contribution in [0.5, 0.6) is 0 Å². The second kappa shape index (κ2) is 9.81. The molecular weight excluding hydrogens is 663 g/mol. The van der Waals surface area contributed by atoms with E-state index in [2.05, 4.69) is 34.2 Å². The van der Waals surface area contributed by atoms with Crippen LogP contribution in [0.3, 0.4) is 0 Å². The Bertz CT molecular complexity index is 2560. The van der Waals surface area contributed by atoms with Gasteiger partial charge in [-0.05, 0) is 83.6 Å². The normalized spacial score (nSPS) is 12.1. The average Bonchev–Trinajstić information content (AvgIpc) is 3.87. The molecule has 10 aromatic rings. The summed E-state index contributed by atoms with van der Waals surface area (Å²) in [7, 11) is 0. The lowest BCUT2D eigenvalue weighted by molar-refractivity contribution is 0.619. The molecule has 0 saturated carbocycles. The summed E-state index contributed by atoms with van der Waals surface area (Å²) < 4.78 is 41.3. The van der Waals surface area contributed by atoms with E-state index < -0.39 is 0 Å². The summed E-state index contributed by atoms with van der Waals surface area (Å²) in [5.74, 6) is 0.617. The lowest BCUT2D eigenvalue weighted by Gasteiger charge is -1.97. The van der Waals surface area contributed by atoms with Gasteiger partial charge in [0, 0.05) is 23.2 Å². The van der Waals surface area contributed by atoms with Crippen LogP contribution in [0.2, 0.25) is 0 Å². The number of rotatable bonds is 4. The molecule has 4 aromatic carbocycles. The van der Waals surface area contributed by atoms with Crippen molar-refractivity contribution in [3.05, 3.63) is 96.8 Å². The van der Waals surface area contributed by atoms with Crippen molar-refractivity contribution in [3.8, 4) is 41.3 Å². The summed E-state index contributed by atoms with van der Waals surface area (Å²) in [6.07, 6.45) is 3.62. The van der Waals surface area contributed by atoms with Crippen LogP contribution in [0.15, 0.2) is 94.0 Å². The van der Waals surface area contributed by atoms with Gasteiger partial charge in [0.2, 0.25) is 0 Å². The quantitative estimate of drug-likeness (QED) is 0.185. The minimum absolute atomic E-state index is 0.300. The molecule has 0 fully saturated rings. The molecule has 0 spiro atoms. The second-order valence-electron chi connectivity index (χ2n) is 10.7. The molecule has 6 nitrogen and oxygen atoms in total. The highest BCUT2D eigenvalue weighted by Crippen LogP contribution is 2.42. The summed E-state index contributed by atoms with van der Waals surface area (Å²) in [6, 6.07) is 21.1. The zero-order valence-electron chi connectivity index (χ0n) is 23.1. The van der Waals surface area contributed by atoms with Crippen molar-refractivity contribution >= 4 is 98.5 Å². The van der Waals surface area contributed by atoms with Crippen molar-refractivity contribution < 1.29 is 17.6 Å². The van der Waals surface area contributed by atoms with Gasteiger partial charge in [-0.2, -0.15) is 0 Å². The van der Waals surface area contributed by atoms with Gasteiger partial charge in [0.05, 0.1) is 30.2 Å². The van der Waals surface area contributed by atoms with E-state index in [9.17, 15) is 8.78 Å². The molecule has 0 N–H and O–H groups in total. The molecule has 0 amide bonds. The highest BCUT2D eigenvalue weighted by Gasteiger charge is 2.18. The van der Waals surface area contributed by atoms with E-state index in [0.717, 1.165) is 61.0 Å². The first-order chi connectivity index (χ1) is 22.5. The third-order valence-corrected chi connectivity index (χ3v) is 12.1. The molecule has 0 saturated heterocycles. The number of fused-ring (bicyclic) bond motifs is 5. The molecule has 0 aliphatic rings. The van der Waals surface area contributed by atoms with Crippen LogP contribution in [-0.2, 0) is 0 Å². The van der Waals surface area contributed by atoms with Crippen molar-refractivity contribution in [1.82, 2.24) is 19.9 Å². The predicted molar refractivity (Wildman–Crippen MR) is 183 cm³/mol. The summed E-state index contributed by atoms with van der Waals surface area (Å²) in [5.41, 5.74) is 3.09. The maximum absolute atomic E-state index is 13.6. The lowest BCUT2D eigenvalue weighted by atomic mass is 10.1. The van der Waals surface area contributed by atoms with Gasteiger partial charge < -0.3 is 8.83 Å². The molecule has 0 bridgehead atoms. The van der Waals surface area contributed by atoms with Gasteiger partial charge in [0.1, 0.15) is 32.8 Å². The standard InChI is InChI=1S/C34H14F2N4O2S4/c35-19-1-3-23-17(5-19)9-25(41-23)31-37-13-29(45-31)33-39-21-7-15-12-28-22(8-16(15)11-27(21)43-33)40-34(44-28)30-14-38-32(46-30)26-10-18-6-20(36)2-4-24(18)42-26/h1-14H. The van der Waals surface area contributed by atoms with E-state index in [1.165, 1.54) is 46.9 Å². The maximum Gasteiger partial charge on any atom is 0.164 e. The van der Waals surface area contributed by atoms with Gasteiger partial charge >= 0.3 is 0 Å². The smallest absolute Gasteiger partial charge is 0.164 e. The van der Waals surface area contributed by atoms with Crippen molar-refractivity contribution in [2.75, 3.05) is 0 Å². The Kier molecular flexibility index (Phi) is 5.62. The Hall–Kier alpha value is -4.88. The van der Waals surface area contributed by atoms with Crippen LogP contribution in [0.4, 0.5) is 8.78 Å². The Balaban J connectivity index is 0.968. The number of aromatic nitrogens is 4. The van der Waals surface area contributed by atoms with Gasteiger partial charge in [-0.25, -0.2) is 28.7 Å². The van der Waals surface area contributed by atoms with Gasteiger partial charge in [-0.15, -0.1) is 45.3 Å². The molecule has 0 radical (unpaired) electrons. The summed E-state index contributed by atoms with van der Waals surface area (Å²) >= 11 is 6.23. The minimum atomic E-state index is -0.300. The number of hydrogen-bond donors (Lipinski definition) is 0. The van der Waals surface area contributed by atoms with Gasteiger partial charge in [0.25, 0.3) is 0 Å². The number of benzene rings is 4. The molecule has 10 rings (SSSR count). The lowest BCUT2D eigenvalue weighted by Crippen LogP contribution is -1.76. The largest absolute Gasteiger partial charge is 0.454 e. The Morgan fingerprint density at radius 2 is 0.957 bits per heavy atom. The fraction of sp³-hybridized carbons (Fsp3) is 0. The van der Waals surface area contributed by atoms with Crippen molar-refractivity contribution in [2.24, 2.45) is 0 Å². The average molecular weight is 677 g/mol. The molecule has 46 heavy (non-hydrogen) atoms. The van der Waals surface area contributed by atoms with Crippen molar-refractivity contribution in [2.45, 2.75) is 0 Å². The van der Waals surface area contributed by atoms with Crippen LogP contribution in [0.25, 0.3) is 94.4 Å². The van der Waals surface area contributed by atoms with Crippen LogP contribution < -0.4 is 0 Å². The molecule has 0 unspecified atom stereocenters. The van der Waals surface area contributed by atoms with E-state index >= 15 is 0 Å². The molecule has 6 aromatic heterocycles. The first-order valence-electron chi connectivity index (χ1n) is 14.0. The highest BCUT2D eigenvalue weighted by atomic mass is 32.1. The van der Waals surface area contributed by atoms with Gasteiger partial charge in [-0.1, -0.05) is 0 Å². The zero-order valence-corrected chi connectivity index (χ0v) is 26.3. The Morgan fingerprint density at radius 3 is 1.43 bits per heavy atom. The summed E-state index contributed by atoms with van der Waals surface area (Å²) in [5, 5.41) is 6.80. The number of thiazole rings is 4. The van der Waals surface area contributed by atoms with E-state index in [1.54, 1.807) is 34.8 Å². The van der Waals surface area contributed by atoms with Crippen LogP contribution in [0, 0.1) is 11.6 Å². The highest BCUT2D eigenvalue weighted by molar-refractivity contribution is 7.27. The molecular formula is C34H14F2N4O2S4. The third kappa shape index (κ3) is 4.29. The van der Waals surface area contributed by atoms with E-state index in [4.69, 9.17) is 18.8 Å². The SMILES string of the molecule is Fc1ccc2oc(-c3ncc(-c4nc5cc6cc7sc(-c8cnc(-c9cc%10cc(F)ccc%10o9)s8)nc7cc6cc5s4)s3)cc2c1. The first kappa shape index (κ1) is 26.3. The van der Waals surface area contributed by atoms with E-state index in [1.807, 2.05) is 24.5 Å². The minimum Gasteiger partial charge on any atom is -0.454 e. The molecule has 220 valence electrons. The number of furan rings is 2. The number of hydrogen-bond acceptors (Lipinski definition) is 10. The number of halogens is 2. The fourth-order valence-electron chi connectivity index (χ4n) is 5.52. The first-order valence-corrected chi connectivity index (χ1v) is 17.2. The van der Waals surface area contributed by atoms with E-state index in [0.29, 0.717) is 33.5 Å². The third-order valence-electron chi connectivity index (χ3n) is 7.66. The van der Waals surface area contributed by atoms with Gasteiger partial charge in [-0.3, -0.25) is 0 Å². The molecule has 0 aliphatic carbocycles. The maximum atomic E-state index is 13.6. The van der Waals surface area contributed by atoms with Crippen molar-refractivity contribution in [1.29, 1.82) is 0 Å². The zero-order chi connectivity index (χ0) is 30.5. The second-order valence-corrected chi connectivity index (χ2v) is 14.8. The van der Waals surface area contributed by atoms with Gasteiger partial charge in [0.15, 0.2) is 21.5 Å². The fourth-order valence-corrected chi connectivity index (χ4v) is 9.33. The van der Waals surface area contributed by atoms with Crippen LogP contribution in [0.1, 0.15) is 0 Å². The van der Waals surface area contributed by atoms with Crippen LogP contribution >= 0.6 is 45.3 Å². The molecule has 6 heterocycles. The topological polar surface area (TPSA) is 77.8 Å². The predicted octanol–water partition coefficient (Wildman–Crippen LogP) is 11.4. The Labute approximate surface area is 272 Å². The van der Waals surface area contributed by atoms with Crippen molar-refractivity contribution in [3.63, 3.8) is 0 Å². The molecule has 0 aliphatic heterocycles. The summed E-state index contributed by atoms with van der Waals surface area (Å²) in [6.45, 7) is 0. The Morgan fingerprint density at radius 1 is 0.478 bits per heavy atom. The molecule has 0 atom stereocenters. The monoisotopic (exact) mass is 676 g/mol. The van der Waals surface area contributed by atoms with Crippen LogP contribution in [-0.4, -0.2) is 19.9 Å². The molecule has 12 heteroatoms. The summed E-state index contributed by atoms with van der Waals surface area (Å²) in [4.78, 5) is 20.9. The van der Waals surface area contributed by atoms with E-state index in [-0.39, 0.29) is 11.6 Å². The number of nitrogens with zero attached hydrogens (tertiary/aromatic N) is 4.